The molecule has 5 nitrogen and oxygen atoms in total. The molecule has 124 valence electrons. The number of nitrogens with zero attached hydrogens (tertiary/aromatic N) is 3. The van der Waals surface area contributed by atoms with Gasteiger partial charge in [0.2, 0.25) is 0 Å². The molecule has 0 amide bonds. The number of H-pyrrole nitrogens is 1. The molecule has 3 heterocycles. The first-order valence-electron chi connectivity index (χ1n) is 8.54. The average Bonchev–Trinajstić information content (AvgIpc) is 2.93. The number of aromatic amines is 1. The quantitative estimate of drug-likeness (QED) is 0.944. The minimum absolute atomic E-state index is 0.0271. The maximum atomic E-state index is 12.8. The van der Waals surface area contributed by atoms with E-state index >= 15 is 0 Å². The molecule has 1 N–H and O–H groups in total. The van der Waals surface area contributed by atoms with Crippen molar-refractivity contribution in [1.29, 1.82) is 0 Å². The first kappa shape index (κ1) is 15.1. The summed E-state index contributed by atoms with van der Waals surface area (Å²) in [5.41, 5.74) is 4.40. The molecule has 0 saturated heterocycles. The summed E-state index contributed by atoms with van der Waals surface area (Å²) in [6.45, 7) is 4.59. The zero-order valence-electron chi connectivity index (χ0n) is 14.0. The van der Waals surface area contributed by atoms with Crippen molar-refractivity contribution in [3.63, 3.8) is 0 Å². The first-order valence-corrected chi connectivity index (χ1v) is 8.54. The molecule has 2 aromatic heterocycles. The molecular formula is C19H22N4O. The van der Waals surface area contributed by atoms with Crippen LogP contribution < -0.4 is 5.56 Å². The summed E-state index contributed by atoms with van der Waals surface area (Å²) < 4.78 is 1.58. The summed E-state index contributed by atoms with van der Waals surface area (Å²) in [6, 6.07) is 3.86. The second-order valence-corrected chi connectivity index (χ2v) is 6.62. The number of hydrogen-bond donors (Lipinski definition) is 1. The van der Waals surface area contributed by atoms with E-state index in [4.69, 9.17) is 0 Å². The van der Waals surface area contributed by atoms with Gasteiger partial charge in [-0.25, -0.2) is 9.67 Å². The Labute approximate surface area is 141 Å². The Bertz CT molecular complexity index is 854. The van der Waals surface area contributed by atoms with E-state index in [9.17, 15) is 4.79 Å². The monoisotopic (exact) mass is 322 g/mol. The number of allylic oxidation sites excluding steroid dienone is 2. The van der Waals surface area contributed by atoms with Crippen molar-refractivity contribution >= 4 is 0 Å². The lowest BCUT2D eigenvalue weighted by Gasteiger charge is -2.26. The Morgan fingerprint density at radius 1 is 1.29 bits per heavy atom. The highest BCUT2D eigenvalue weighted by molar-refractivity contribution is 5.30. The largest absolute Gasteiger partial charge is 0.294 e. The summed E-state index contributed by atoms with van der Waals surface area (Å²) in [5.74, 6) is 0.657. The highest BCUT2D eigenvalue weighted by Gasteiger charge is 2.23. The van der Waals surface area contributed by atoms with Gasteiger partial charge in [-0.3, -0.25) is 14.8 Å². The van der Waals surface area contributed by atoms with E-state index < -0.39 is 0 Å². The van der Waals surface area contributed by atoms with Crippen molar-refractivity contribution in [2.24, 2.45) is 0 Å². The summed E-state index contributed by atoms with van der Waals surface area (Å²) in [5, 5.41) is 3.25. The Balaban J connectivity index is 1.58. The Morgan fingerprint density at radius 3 is 2.96 bits per heavy atom. The fourth-order valence-electron chi connectivity index (χ4n) is 3.39. The molecule has 1 aliphatic carbocycles. The van der Waals surface area contributed by atoms with Crippen LogP contribution in [0.1, 0.15) is 29.7 Å². The Hall–Kier alpha value is -2.40. The lowest BCUT2D eigenvalue weighted by atomic mass is 10.0. The van der Waals surface area contributed by atoms with Gasteiger partial charge in [-0.2, -0.15) is 0 Å². The smallest absolute Gasteiger partial charge is 0.277 e. The second kappa shape index (κ2) is 6.24. The van der Waals surface area contributed by atoms with Crippen LogP contribution in [0.15, 0.2) is 46.9 Å². The fraction of sp³-hybridized carbons (Fsp3) is 0.368. The van der Waals surface area contributed by atoms with E-state index in [0.29, 0.717) is 12.4 Å². The van der Waals surface area contributed by atoms with Gasteiger partial charge in [-0.05, 0) is 37.0 Å². The van der Waals surface area contributed by atoms with Gasteiger partial charge in [0.25, 0.3) is 5.56 Å². The molecule has 2 aliphatic rings. The van der Waals surface area contributed by atoms with Crippen molar-refractivity contribution in [2.45, 2.75) is 32.7 Å². The Morgan fingerprint density at radius 2 is 2.21 bits per heavy atom. The van der Waals surface area contributed by atoms with E-state index in [1.54, 1.807) is 10.9 Å². The van der Waals surface area contributed by atoms with Crippen LogP contribution in [-0.2, 0) is 13.0 Å². The summed E-state index contributed by atoms with van der Waals surface area (Å²) in [7, 11) is 0. The van der Waals surface area contributed by atoms with Crippen molar-refractivity contribution in [2.75, 3.05) is 13.1 Å². The van der Waals surface area contributed by atoms with Crippen LogP contribution in [-0.4, -0.2) is 32.8 Å². The normalized spacial score (nSPS) is 17.6. The van der Waals surface area contributed by atoms with Crippen LogP contribution in [0.4, 0.5) is 0 Å². The summed E-state index contributed by atoms with van der Waals surface area (Å²) in [4.78, 5) is 19.5. The maximum absolute atomic E-state index is 12.8. The molecule has 0 saturated carbocycles. The van der Waals surface area contributed by atoms with E-state index in [-0.39, 0.29) is 5.56 Å². The number of pyridine rings is 1. The molecular weight excluding hydrogens is 300 g/mol. The summed E-state index contributed by atoms with van der Waals surface area (Å²) >= 11 is 0. The van der Waals surface area contributed by atoms with Gasteiger partial charge in [0.1, 0.15) is 0 Å². The van der Waals surface area contributed by atoms with E-state index in [0.717, 1.165) is 49.2 Å². The number of fused-ring (bicyclic) bond motifs is 1. The van der Waals surface area contributed by atoms with E-state index in [1.165, 1.54) is 5.57 Å². The molecule has 24 heavy (non-hydrogen) atoms. The minimum atomic E-state index is 0.0271. The molecule has 1 aliphatic heterocycles. The molecule has 0 spiro atoms. The molecule has 0 unspecified atom stereocenters. The summed E-state index contributed by atoms with van der Waals surface area (Å²) in [6.07, 6.45) is 11.7. The van der Waals surface area contributed by atoms with Gasteiger partial charge in [-0.15, -0.1) is 0 Å². The van der Waals surface area contributed by atoms with Crippen molar-refractivity contribution in [3.8, 4) is 5.82 Å². The zero-order valence-corrected chi connectivity index (χ0v) is 14.0. The van der Waals surface area contributed by atoms with Crippen LogP contribution in [0.25, 0.3) is 5.82 Å². The van der Waals surface area contributed by atoms with Gasteiger partial charge in [0.05, 0.1) is 5.56 Å². The minimum Gasteiger partial charge on any atom is -0.294 e. The molecule has 0 atom stereocenters. The molecule has 0 radical (unpaired) electrons. The van der Waals surface area contributed by atoms with Gasteiger partial charge in [0.15, 0.2) is 5.82 Å². The standard InChI is InChI=1S/C19H22N4O/c1-14-7-8-18(20-11-14)23-19(24)16-13-22(10-9-17(16)21-23)12-15-5-3-2-4-6-15/h3,5-8,11,21H,2,4,9-10,12-13H2,1H3. The van der Waals surface area contributed by atoms with Crippen LogP contribution in [0.5, 0.6) is 0 Å². The van der Waals surface area contributed by atoms with Gasteiger partial charge >= 0.3 is 0 Å². The van der Waals surface area contributed by atoms with Gasteiger partial charge < -0.3 is 0 Å². The highest BCUT2D eigenvalue weighted by atomic mass is 16.1. The molecule has 0 fully saturated rings. The van der Waals surface area contributed by atoms with Gasteiger partial charge in [-0.1, -0.05) is 24.3 Å². The zero-order chi connectivity index (χ0) is 16.5. The second-order valence-electron chi connectivity index (χ2n) is 6.62. The molecule has 2 aromatic rings. The number of nitrogens with one attached hydrogen (secondary N) is 1. The number of hydrogen-bond acceptors (Lipinski definition) is 3. The SMILES string of the molecule is Cc1ccc(-n2[nH]c3c(c2=O)CN(CC2=CCCC=C2)CC3)nc1. The molecule has 0 bridgehead atoms. The topological polar surface area (TPSA) is 53.9 Å². The lowest BCUT2D eigenvalue weighted by molar-refractivity contribution is 0.275. The number of aromatic nitrogens is 3. The average molecular weight is 322 g/mol. The molecule has 5 heteroatoms. The maximum Gasteiger partial charge on any atom is 0.277 e. The lowest BCUT2D eigenvalue weighted by Crippen LogP contribution is -2.34. The van der Waals surface area contributed by atoms with Gasteiger partial charge in [0, 0.05) is 37.9 Å². The highest BCUT2D eigenvalue weighted by Crippen LogP contribution is 2.18. The predicted molar refractivity (Wildman–Crippen MR) is 94.4 cm³/mol. The fourth-order valence-corrected chi connectivity index (χ4v) is 3.39. The third-order valence-electron chi connectivity index (χ3n) is 4.73. The van der Waals surface area contributed by atoms with E-state index in [1.807, 2.05) is 19.1 Å². The van der Waals surface area contributed by atoms with Crippen molar-refractivity contribution in [3.05, 3.63) is 69.3 Å². The third-order valence-corrected chi connectivity index (χ3v) is 4.73. The van der Waals surface area contributed by atoms with Crippen LogP contribution in [0.3, 0.4) is 0 Å². The third kappa shape index (κ3) is 2.87. The van der Waals surface area contributed by atoms with Crippen molar-refractivity contribution < 1.29 is 0 Å². The van der Waals surface area contributed by atoms with Crippen LogP contribution in [0, 0.1) is 6.92 Å². The van der Waals surface area contributed by atoms with Crippen LogP contribution >= 0.6 is 0 Å². The van der Waals surface area contributed by atoms with Crippen molar-refractivity contribution in [1.82, 2.24) is 19.7 Å². The van der Waals surface area contributed by atoms with E-state index in [2.05, 4.69) is 33.2 Å². The van der Waals surface area contributed by atoms with Crippen LogP contribution in [0.2, 0.25) is 0 Å². The predicted octanol–water partition coefficient (Wildman–Crippen LogP) is 2.50. The molecule has 0 aromatic carbocycles. The number of aryl methyl sites for hydroxylation is 1. The Kier molecular flexibility index (Phi) is 3.94. The first-order chi connectivity index (χ1) is 11.7. The number of rotatable bonds is 3. The molecule has 4 rings (SSSR count).